The maximum absolute atomic E-state index is 11.2. The van der Waals surface area contributed by atoms with Crippen molar-refractivity contribution in [2.45, 2.75) is 31.6 Å². The van der Waals surface area contributed by atoms with Gasteiger partial charge in [-0.1, -0.05) is 6.42 Å². The highest BCUT2D eigenvalue weighted by atomic mass is 16.4. The minimum Gasteiger partial charge on any atom is -0.481 e. The molecular weight excluding hydrogens is 180 g/mol. The molecule has 0 saturated heterocycles. The summed E-state index contributed by atoms with van der Waals surface area (Å²) in [6, 6.07) is 0. The van der Waals surface area contributed by atoms with Gasteiger partial charge in [-0.25, -0.2) is 0 Å². The van der Waals surface area contributed by atoms with Crippen molar-refractivity contribution < 1.29 is 9.90 Å². The van der Waals surface area contributed by atoms with Gasteiger partial charge in [0.15, 0.2) is 0 Å². The molecule has 0 atom stereocenters. The average molecular weight is 194 g/mol. The smallest absolute Gasteiger partial charge is 0.314 e. The number of carboxylic acid groups (broad SMARTS) is 1. The van der Waals surface area contributed by atoms with Gasteiger partial charge in [0.2, 0.25) is 0 Å². The summed E-state index contributed by atoms with van der Waals surface area (Å²) in [5, 5.41) is 13.4. The number of hydrogen-bond donors (Lipinski definition) is 1. The first-order valence-corrected chi connectivity index (χ1v) is 4.80. The number of nitrogens with zero attached hydrogens (tertiary/aromatic N) is 2. The maximum atomic E-state index is 11.2. The van der Waals surface area contributed by atoms with Gasteiger partial charge in [-0.05, 0) is 19.8 Å². The molecule has 1 N–H and O–H groups in total. The first-order chi connectivity index (χ1) is 6.56. The predicted molar refractivity (Wildman–Crippen MR) is 51.1 cm³/mol. The molecule has 0 spiro atoms. The molecule has 2 rings (SSSR count). The highest BCUT2D eigenvalue weighted by Crippen LogP contribution is 2.44. The number of aromatic nitrogens is 2. The Balaban J connectivity index is 2.46. The van der Waals surface area contributed by atoms with Crippen molar-refractivity contribution in [3.05, 3.63) is 17.5 Å². The van der Waals surface area contributed by atoms with E-state index >= 15 is 0 Å². The first kappa shape index (κ1) is 9.24. The van der Waals surface area contributed by atoms with Gasteiger partial charge in [-0.15, -0.1) is 0 Å². The third kappa shape index (κ3) is 1.06. The standard InChI is InChI=1S/C10H14N2O2/c1-7-8(6-12(2)11-7)10(9(13)14)4-3-5-10/h6H,3-5H2,1-2H3,(H,13,14). The Bertz CT molecular complexity index is 377. The van der Waals surface area contributed by atoms with E-state index in [2.05, 4.69) is 5.10 Å². The molecule has 0 aromatic carbocycles. The third-order valence-electron chi connectivity index (χ3n) is 3.15. The van der Waals surface area contributed by atoms with Crippen LogP contribution in [0.5, 0.6) is 0 Å². The summed E-state index contributed by atoms with van der Waals surface area (Å²) in [4.78, 5) is 11.2. The second-order valence-electron chi connectivity index (χ2n) is 4.04. The quantitative estimate of drug-likeness (QED) is 0.770. The fourth-order valence-corrected chi connectivity index (χ4v) is 2.20. The summed E-state index contributed by atoms with van der Waals surface area (Å²) in [6.07, 6.45) is 4.33. The minimum absolute atomic E-state index is 0.641. The highest BCUT2D eigenvalue weighted by Gasteiger charge is 2.47. The summed E-state index contributed by atoms with van der Waals surface area (Å²) >= 11 is 0. The number of aryl methyl sites for hydroxylation is 2. The Hall–Kier alpha value is -1.32. The monoisotopic (exact) mass is 194 g/mol. The Morgan fingerprint density at radius 3 is 2.57 bits per heavy atom. The van der Waals surface area contributed by atoms with Gasteiger partial charge >= 0.3 is 5.97 Å². The van der Waals surface area contributed by atoms with Crippen LogP contribution in [-0.2, 0) is 17.3 Å². The normalized spacial score (nSPS) is 19.0. The first-order valence-electron chi connectivity index (χ1n) is 4.80. The van der Waals surface area contributed by atoms with E-state index < -0.39 is 11.4 Å². The summed E-state index contributed by atoms with van der Waals surface area (Å²) in [7, 11) is 1.82. The van der Waals surface area contributed by atoms with Crippen molar-refractivity contribution in [3.8, 4) is 0 Å². The zero-order valence-corrected chi connectivity index (χ0v) is 8.45. The molecule has 0 radical (unpaired) electrons. The Kier molecular flexibility index (Phi) is 1.87. The second kappa shape index (κ2) is 2.83. The van der Waals surface area contributed by atoms with Gasteiger partial charge in [0, 0.05) is 18.8 Å². The molecule has 0 bridgehead atoms. The lowest BCUT2D eigenvalue weighted by molar-refractivity contribution is -0.147. The molecule has 14 heavy (non-hydrogen) atoms. The predicted octanol–water partition coefficient (Wildman–Crippen LogP) is 1.23. The SMILES string of the molecule is Cc1nn(C)cc1C1(C(=O)O)CCC1. The van der Waals surface area contributed by atoms with E-state index in [1.807, 2.05) is 20.2 Å². The van der Waals surface area contributed by atoms with Crippen LogP contribution >= 0.6 is 0 Å². The van der Waals surface area contributed by atoms with Crippen molar-refractivity contribution in [2.75, 3.05) is 0 Å². The van der Waals surface area contributed by atoms with Crippen LogP contribution in [0.2, 0.25) is 0 Å². The van der Waals surface area contributed by atoms with Gasteiger partial charge in [-0.2, -0.15) is 5.10 Å². The van der Waals surface area contributed by atoms with E-state index in [0.29, 0.717) is 0 Å². The lowest BCUT2D eigenvalue weighted by Crippen LogP contribution is -2.42. The number of carboxylic acids is 1. The molecule has 1 aliphatic carbocycles. The lowest BCUT2D eigenvalue weighted by atomic mass is 9.64. The van der Waals surface area contributed by atoms with E-state index in [4.69, 9.17) is 0 Å². The second-order valence-corrected chi connectivity index (χ2v) is 4.04. The van der Waals surface area contributed by atoms with Gasteiger partial charge in [0.25, 0.3) is 0 Å². The average Bonchev–Trinajstić information content (AvgIpc) is 2.27. The van der Waals surface area contributed by atoms with Crippen molar-refractivity contribution in [3.63, 3.8) is 0 Å². The summed E-state index contributed by atoms with van der Waals surface area (Å²) in [6.45, 7) is 1.87. The van der Waals surface area contributed by atoms with E-state index in [0.717, 1.165) is 30.5 Å². The zero-order chi connectivity index (χ0) is 10.3. The molecule has 4 nitrogen and oxygen atoms in total. The molecule has 1 fully saturated rings. The molecule has 0 aliphatic heterocycles. The highest BCUT2D eigenvalue weighted by molar-refractivity contribution is 5.82. The fraction of sp³-hybridized carbons (Fsp3) is 0.600. The van der Waals surface area contributed by atoms with Crippen LogP contribution in [0.1, 0.15) is 30.5 Å². The Labute approximate surface area is 82.5 Å². The van der Waals surface area contributed by atoms with Gasteiger partial charge < -0.3 is 5.11 Å². The van der Waals surface area contributed by atoms with Crippen LogP contribution in [0.15, 0.2) is 6.20 Å². The van der Waals surface area contributed by atoms with Crippen LogP contribution in [-0.4, -0.2) is 20.9 Å². The van der Waals surface area contributed by atoms with E-state index in [-0.39, 0.29) is 0 Å². The van der Waals surface area contributed by atoms with Crippen molar-refractivity contribution >= 4 is 5.97 Å². The topological polar surface area (TPSA) is 55.1 Å². The molecule has 1 heterocycles. The van der Waals surface area contributed by atoms with Crippen molar-refractivity contribution in [2.24, 2.45) is 7.05 Å². The third-order valence-corrected chi connectivity index (χ3v) is 3.15. The van der Waals surface area contributed by atoms with Crippen LogP contribution in [0, 0.1) is 6.92 Å². The van der Waals surface area contributed by atoms with E-state index in [1.54, 1.807) is 4.68 Å². The number of aliphatic carboxylic acids is 1. The molecule has 76 valence electrons. The molecular formula is C10H14N2O2. The van der Waals surface area contributed by atoms with E-state index in [9.17, 15) is 9.90 Å². The lowest BCUT2D eigenvalue weighted by Gasteiger charge is -2.37. The largest absolute Gasteiger partial charge is 0.481 e. The van der Waals surface area contributed by atoms with Crippen LogP contribution in [0.3, 0.4) is 0 Å². The molecule has 1 aliphatic rings. The van der Waals surface area contributed by atoms with Crippen LogP contribution < -0.4 is 0 Å². The number of hydrogen-bond acceptors (Lipinski definition) is 2. The van der Waals surface area contributed by atoms with Gasteiger partial charge in [0.1, 0.15) is 0 Å². The molecule has 0 amide bonds. The Morgan fingerprint density at radius 2 is 2.29 bits per heavy atom. The van der Waals surface area contributed by atoms with Crippen molar-refractivity contribution in [1.29, 1.82) is 0 Å². The van der Waals surface area contributed by atoms with E-state index in [1.165, 1.54) is 0 Å². The molecule has 1 saturated carbocycles. The molecule has 4 heteroatoms. The minimum atomic E-state index is -0.708. The summed E-state index contributed by atoms with van der Waals surface area (Å²) in [5.74, 6) is -0.708. The summed E-state index contributed by atoms with van der Waals surface area (Å²) in [5.41, 5.74) is 1.09. The molecule has 1 aromatic rings. The van der Waals surface area contributed by atoms with Crippen LogP contribution in [0.4, 0.5) is 0 Å². The maximum Gasteiger partial charge on any atom is 0.314 e. The zero-order valence-electron chi connectivity index (χ0n) is 8.45. The molecule has 1 aromatic heterocycles. The van der Waals surface area contributed by atoms with Gasteiger partial charge in [0.05, 0.1) is 11.1 Å². The Morgan fingerprint density at radius 1 is 1.64 bits per heavy atom. The van der Waals surface area contributed by atoms with Gasteiger partial charge in [-0.3, -0.25) is 9.48 Å². The molecule has 0 unspecified atom stereocenters. The number of rotatable bonds is 2. The van der Waals surface area contributed by atoms with Crippen molar-refractivity contribution in [1.82, 2.24) is 9.78 Å². The fourth-order valence-electron chi connectivity index (χ4n) is 2.20. The summed E-state index contributed by atoms with van der Waals surface area (Å²) < 4.78 is 1.69. The number of carbonyl (C=O) groups is 1. The van der Waals surface area contributed by atoms with Crippen LogP contribution in [0.25, 0.3) is 0 Å².